The van der Waals surface area contributed by atoms with E-state index < -0.39 is 0 Å². The second kappa shape index (κ2) is 16.0. The SMILES string of the molecule is NCCOCCOCCNC(=O)Cc1ccc(Nc2nc(NCC3CCCCC3)nc(NC3CC4CCC3C4)n2)cc1. The van der Waals surface area contributed by atoms with Crippen LogP contribution in [0.15, 0.2) is 24.3 Å². The van der Waals surface area contributed by atoms with Gasteiger partial charge in [0.05, 0.1) is 32.8 Å². The number of benzene rings is 1. The average molecular weight is 581 g/mol. The van der Waals surface area contributed by atoms with E-state index in [1.807, 2.05) is 24.3 Å². The quantitative estimate of drug-likeness (QED) is 0.175. The summed E-state index contributed by atoms with van der Waals surface area (Å²) in [5.41, 5.74) is 7.17. The van der Waals surface area contributed by atoms with Crippen LogP contribution in [-0.2, 0) is 20.7 Å². The molecule has 3 aliphatic carbocycles. The molecular formula is C31H48N8O3. The topological polar surface area (TPSA) is 148 Å². The number of hydrogen-bond donors (Lipinski definition) is 5. The molecule has 3 atom stereocenters. The van der Waals surface area contributed by atoms with Crippen LogP contribution in [0.3, 0.4) is 0 Å². The highest BCUT2D eigenvalue weighted by Gasteiger charge is 2.39. The summed E-state index contributed by atoms with van der Waals surface area (Å²) in [6.07, 6.45) is 12.0. The number of hydrogen-bond acceptors (Lipinski definition) is 10. The molecule has 3 aliphatic rings. The van der Waals surface area contributed by atoms with Crippen molar-refractivity contribution >= 4 is 29.4 Å². The first-order valence-electron chi connectivity index (χ1n) is 15.9. The summed E-state index contributed by atoms with van der Waals surface area (Å²) in [4.78, 5) is 26.5. The number of nitrogens with two attached hydrogens (primary N) is 1. The van der Waals surface area contributed by atoms with Crippen LogP contribution in [0.25, 0.3) is 0 Å². The van der Waals surface area contributed by atoms with E-state index >= 15 is 0 Å². The van der Waals surface area contributed by atoms with Gasteiger partial charge in [0.15, 0.2) is 0 Å². The first-order chi connectivity index (χ1) is 20.6. The highest BCUT2D eigenvalue weighted by Crippen LogP contribution is 2.45. The fraction of sp³-hybridized carbons (Fsp3) is 0.677. The lowest BCUT2D eigenvalue weighted by atomic mass is 9.89. The molecule has 6 N–H and O–H groups in total. The molecule has 3 fully saturated rings. The third-order valence-corrected chi connectivity index (χ3v) is 8.74. The summed E-state index contributed by atoms with van der Waals surface area (Å²) < 4.78 is 10.7. The largest absolute Gasteiger partial charge is 0.378 e. The van der Waals surface area contributed by atoms with E-state index in [2.05, 4.69) is 21.3 Å². The number of anilines is 4. The molecule has 0 saturated heterocycles. The zero-order valence-corrected chi connectivity index (χ0v) is 24.8. The Morgan fingerprint density at radius 2 is 1.62 bits per heavy atom. The Balaban J connectivity index is 1.12. The lowest BCUT2D eigenvalue weighted by Gasteiger charge is -2.24. The molecule has 230 valence electrons. The van der Waals surface area contributed by atoms with Gasteiger partial charge in [-0.25, -0.2) is 0 Å². The maximum absolute atomic E-state index is 12.3. The third-order valence-electron chi connectivity index (χ3n) is 8.74. The molecule has 3 unspecified atom stereocenters. The number of ether oxygens (including phenoxy) is 2. The third kappa shape index (κ3) is 9.50. The zero-order valence-electron chi connectivity index (χ0n) is 24.8. The molecule has 42 heavy (non-hydrogen) atoms. The molecule has 1 aromatic carbocycles. The van der Waals surface area contributed by atoms with Gasteiger partial charge in [-0.05, 0) is 67.6 Å². The summed E-state index contributed by atoms with van der Waals surface area (Å²) in [6, 6.07) is 8.25. The highest BCUT2D eigenvalue weighted by molar-refractivity contribution is 5.78. The molecule has 1 amide bonds. The van der Waals surface area contributed by atoms with Gasteiger partial charge in [0, 0.05) is 31.4 Å². The summed E-state index contributed by atoms with van der Waals surface area (Å²) >= 11 is 0. The highest BCUT2D eigenvalue weighted by atomic mass is 16.5. The Morgan fingerprint density at radius 1 is 0.857 bits per heavy atom. The van der Waals surface area contributed by atoms with E-state index in [1.165, 1.54) is 57.8 Å². The molecule has 1 aromatic heterocycles. The fourth-order valence-electron chi connectivity index (χ4n) is 6.54. The molecular weight excluding hydrogens is 532 g/mol. The van der Waals surface area contributed by atoms with Crippen molar-refractivity contribution in [3.05, 3.63) is 29.8 Å². The number of rotatable bonds is 17. The van der Waals surface area contributed by atoms with Crippen molar-refractivity contribution in [2.24, 2.45) is 23.5 Å². The van der Waals surface area contributed by atoms with Crippen molar-refractivity contribution in [1.29, 1.82) is 0 Å². The average Bonchev–Trinajstić information content (AvgIpc) is 3.63. The van der Waals surface area contributed by atoms with E-state index in [1.54, 1.807) is 0 Å². The van der Waals surface area contributed by atoms with Crippen LogP contribution in [0, 0.1) is 17.8 Å². The van der Waals surface area contributed by atoms with Crippen LogP contribution < -0.4 is 27.0 Å². The normalized spacial score (nSPS) is 21.8. The molecule has 3 saturated carbocycles. The number of nitrogens with one attached hydrogen (secondary N) is 4. The molecule has 2 aromatic rings. The van der Waals surface area contributed by atoms with Gasteiger partial charge in [-0.1, -0.05) is 37.8 Å². The van der Waals surface area contributed by atoms with E-state index in [4.69, 9.17) is 30.2 Å². The number of aromatic nitrogens is 3. The number of fused-ring (bicyclic) bond motifs is 2. The fourth-order valence-corrected chi connectivity index (χ4v) is 6.54. The van der Waals surface area contributed by atoms with Crippen LogP contribution in [0.5, 0.6) is 0 Å². The van der Waals surface area contributed by atoms with Gasteiger partial charge in [0.2, 0.25) is 23.8 Å². The van der Waals surface area contributed by atoms with Gasteiger partial charge in [0.1, 0.15) is 0 Å². The molecule has 5 rings (SSSR count). The van der Waals surface area contributed by atoms with Gasteiger partial charge in [-0.3, -0.25) is 4.79 Å². The number of carbonyl (C=O) groups is 1. The Kier molecular flexibility index (Phi) is 11.6. The minimum absolute atomic E-state index is 0.0406. The summed E-state index contributed by atoms with van der Waals surface area (Å²) in [5, 5.41) is 13.4. The first kappa shape index (κ1) is 30.4. The van der Waals surface area contributed by atoms with E-state index in [0.29, 0.717) is 75.7 Å². The molecule has 11 heteroatoms. The first-order valence-corrected chi connectivity index (χ1v) is 15.9. The van der Waals surface area contributed by atoms with Crippen LogP contribution in [0.2, 0.25) is 0 Å². The van der Waals surface area contributed by atoms with E-state index in [-0.39, 0.29) is 5.91 Å². The predicted octanol–water partition coefficient (Wildman–Crippen LogP) is 3.86. The Hall–Kier alpha value is -3.02. The lowest BCUT2D eigenvalue weighted by molar-refractivity contribution is -0.120. The molecule has 1 heterocycles. The van der Waals surface area contributed by atoms with Gasteiger partial charge in [-0.2, -0.15) is 15.0 Å². The molecule has 2 bridgehead atoms. The molecule has 0 aliphatic heterocycles. The lowest BCUT2D eigenvalue weighted by Crippen LogP contribution is -2.29. The van der Waals surface area contributed by atoms with Crippen LogP contribution in [-0.4, -0.2) is 73.0 Å². The maximum atomic E-state index is 12.3. The number of nitrogens with zero attached hydrogens (tertiary/aromatic N) is 3. The van der Waals surface area contributed by atoms with Crippen molar-refractivity contribution in [3.8, 4) is 0 Å². The number of carbonyl (C=O) groups excluding carboxylic acids is 1. The second-order valence-electron chi connectivity index (χ2n) is 12.0. The van der Waals surface area contributed by atoms with Crippen molar-refractivity contribution in [2.45, 2.75) is 70.3 Å². The van der Waals surface area contributed by atoms with Gasteiger partial charge in [0.25, 0.3) is 0 Å². The summed E-state index contributed by atoms with van der Waals surface area (Å²) in [6.45, 7) is 3.83. The van der Waals surface area contributed by atoms with Crippen molar-refractivity contribution < 1.29 is 14.3 Å². The standard InChI is InChI=1S/C31H48N8O3/c32-12-14-41-16-17-42-15-13-33-28(40)20-22-7-10-26(11-8-22)35-30-37-29(34-21-23-4-2-1-3-5-23)38-31(39-30)36-27-19-24-6-9-25(27)18-24/h7-8,10-11,23-25,27H,1-6,9,12-21,32H2,(H,33,40)(H3,34,35,36,37,38,39). The van der Waals surface area contributed by atoms with Gasteiger partial charge in [-0.15, -0.1) is 0 Å². The zero-order chi connectivity index (χ0) is 29.0. The minimum Gasteiger partial charge on any atom is -0.378 e. The Morgan fingerprint density at radius 3 is 2.36 bits per heavy atom. The minimum atomic E-state index is -0.0406. The molecule has 0 radical (unpaired) electrons. The maximum Gasteiger partial charge on any atom is 0.233 e. The number of amides is 1. The van der Waals surface area contributed by atoms with Crippen molar-refractivity contribution in [2.75, 3.05) is 62.0 Å². The smallest absolute Gasteiger partial charge is 0.233 e. The molecule has 11 nitrogen and oxygen atoms in total. The van der Waals surface area contributed by atoms with Crippen LogP contribution in [0.4, 0.5) is 23.5 Å². The van der Waals surface area contributed by atoms with Crippen molar-refractivity contribution in [1.82, 2.24) is 20.3 Å². The van der Waals surface area contributed by atoms with Crippen LogP contribution >= 0.6 is 0 Å². The summed E-state index contributed by atoms with van der Waals surface area (Å²) in [5.74, 6) is 3.96. The van der Waals surface area contributed by atoms with E-state index in [9.17, 15) is 4.79 Å². The van der Waals surface area contributed by atoms with Crippen molar-refractivity contribution in [3.63, 3.8) is 0 Å². The Bertz CT molecular complexity index is 1110. The predicted molar refractivity (Wildman–Crippen MR) is 165 cm³/mol. The van der Waals surface area contributed by atoms with E-state index in [0.717, 1.165) is 29.6 Å². The van der Waals surface area contributed by atoms with Gasteiger partial charge < -0.3 is 36.5 Å². The van der Waals surface area contributed by atoms with Crippen LogP contribution in [0.1, 0.15) is 63.4 Å². The monoisotopic (exact) mass is 580 g/mol. The summed E-state index contributed by atoms with van der Waals surface area (Å²) in [7, 11) is 0. The Labute approximate surface area is 249 Å². The second-order valence-corrected chi connectivity index (χ2v) is 12.0. The molecule has 0 spiro atoms. The van der Waals surface area contributed by atoms with Gasteiger partial charge >= 0.3 is 0 Å².